The second-order valence-electron chi connectivity index (χ2n) is 6.22. The van der Waals surface area contributed by atoms with Crippen LogP contribution in [0.15, 0.2) is 35.2 Å². The van der Waals surface area contributed by atoms with Gasteiger partial charge >= 0.3 is 0 Å². The molecule has 0 bridgehead atoms. The lowest BCUT2D eigenvalue weighted by Gasteiger charge is -2.25. The minimum Gasteiger partial charge on any atom is -0.352 e. The van der Waals surface area contributed by atoms with Gasteiger partial charge in [-0.15, -0.1) is 0 Å². The fraction of sp³-hybridized carbons (Fsp3) is 0.562. The molecule has 0 spiro atoms. The second-order valence-corrected chi connectivity index (χ2v) is 8.11. The Morgan fingerprint density at radius 1 is 1.23 bits per heavy atom. The van der Waals surface area contributed by atoms with Crippen LogP contribution in [0.25, 0.3) is 0 Å². The number of carbonyl (C=O) groups is 1. The minimum atomic E-state index is -3.60. The van der Waals surface area contributed by atoms with Crippen molar-refractivity contribution in [2.75, 3.05) is 6.54 Å². The molecule has 22 heavy (non-hydrogen) atoms. The smallest absolute Gasteiger partial charge is 0.243 e. The van der Waals surface area contributed by atoms with Gasteiger partial charge in [-0.05, 0) is 50.7 Å². The normalized spacial score (nSPS) is 24.1. The zero-order valence-corrected chi connectivity index (χ0v) is 13.6. The van der Waals surface area contributed by atoms with Gasteiger partial charge in [0.15, 0.2) is 0 Å². The third-order valence-corrected chi connectivity index (χ3v) is 6.48. The molecule has 120 valence electrons. The van der Waals surface area contributed by atoms with E-state index in [1.165, 1.54) is 4.31 Å². The molecule has 1 saturated heterocycles. The first-order valence-electron chi connectivity index (χ1n) is 7.87. The van der Waals surface area contributed by atoms with Gasteiger partial charge in [0.05, 0.1) is 4.90 Å². The first-order valence-corrected chi connectivity index (χ1v) is 9.31. The van der Waals surface area contributed by atoms with E-state index in [4.69, 9.17) is 0 Å². The lowest BCUT2D eigenvalue weighted by Crippen LogP contribution is -2.48. The second kappa shape index (κ2) is 6.01. The van der Waals surface area contributed by atoms with Gasteiger partial charge in [0.2, 0.25) is 15.9 Å². The number of benzene rings is 1. The van der Waals surface area contributed by atoms with E-state index < -0.39 is 16.1 Å². The summed E-state index contributed by atoms with van der Waals surface area (Å²) in [6, 6.07) is 7.90. The van der Waals surface area contributed by atoms with E-state index in [1.807, 2.05) is 6.92 Å². The summed E-state index contributed by atoms with van der Waals surface area (Å²) >= 11 is 0. The maximum absolute atomic E-state index is 12.7. The average molecular weight is 322 g/mol. The molecule has 1 heterocycles. The maximum Gasteiger partial charge on any atom is 0.243 e. The standard InChI is InChI=1S/C16H22N2O3S/c1-12(13-9-10-13)17-16(19)15-8-5-11-18(15)22(20,21)14-6-3-2-4-7-14/h2-4,6-7,12-13,15H,5,8-11H2,1H3,(H,17,19)/t12-,15+/m0/s1. The molecular formula is C16H22N2O3S. The lowest BCUT2D eigenvalue weighted by atomic mass is 10.1. The summed E-state index contributed by atoms with van der Waals surface area (Å²) in [4.78, 5) is 12.7. The van der Waals surface area contributed by atoms with Gasteiger partial charge in [-0.3, -0.25) is 4.79 Å². The molecule has 1 aromatic rings. The van der Waals surface area contributed by atoms with Crippen molar-refractivity contribution in [3.05, 3.63) is 30.3 Å². The van der Waals surface area contributed by atoms with Crippen molar-refractivity contribution in [2.24, 2.45) is 5.92 Å². The number of sulfonamides is 1. The zero-order chi connectivity index (χ0) is 15.7. The molecule has 1 amide bonds. The van der Waals surface area contributed by atoms with Crippen LogP contribution in [0, 0.1) is 5.92 Å². The highest BCUT2D eigenvalue weighted by Crippen LogP contribution is 2.33. The average Bonchev–Trinajstić information content (AvgIpc) is 3.24. The van der Waals surface area contributed by atoms with E-state index in [2.05, 4.69) is 5.32 Å². The molecule has 2 fully saturated rings. The van der Waals surface area contributed by atoms with E-state index >= 15 is 0 Å². The summed E-state index contributed by atoms with van der Waals surface area (Å²) in [5, 5.41) is 2.99. The molecule has 0 unspecified atom stereocenters. The Balaban J connectivity index is 1.76. The van der Waals surface area contributed by atoms with Crippen LogP contribution in [0.2, 0.25) is 0 Å². The molecule has 0 radical (unpaired) electrons. The summed E-state index contributed by atoms with van der Waals surface area (Å²) in [6.07, 6.45) is 3.62. The van der Waals surface area contributed by atoms with E-state index in [-0.39, 0.29) is 16.8 Å². The predicted molar refractivity (Wildman–Crippen MR) is 83.7 cm³/mol. The fourth-order valence-corrected chi connectivity index (χ4v) is 4.73. The van der Waals surface area contributed by atoms with Gasteiger partial charge < -0.3 is 5.32 Å². The Labute approximate surface area is 131 Å². The number of amides is 1. The third kappa shape index (κ3) is 3.03. The minimum absolute atomic E-state index is 0.134. The first kappa shape index (κ1) is 15.5. The first-order chi connectivity index (χ1) is 10.5. The predicted octanol–water partition coefficient (Wildman–Crippen LogP) is 1.75. The van der Waals surface area contributed by atoms with E-state index in [1.54, 1.807) is 30.3 Å². The van der Waals surface area contributed by atoms with Crippen LogP contribution in [0.1, 0.15) is 32.6 Å². The van der Waals surface area contributed by atoms with Crippen molar-refractivity contribution in [3.63, 3.8) is 0 Å². The van der Waals surface area contributed by atoms with Gasteiger partial charge in [-0.2, -0.15) is 4.31 Å². The Morgan fingerprint density at radius 2 is 1.91 bits per heavy atom. The van der Waals surface area contributed by atoms with Gasteiger partial charge in [0.25, 0.3) is 0 Å². The Morgan fingerprint density at radius 3 is 2.55 bits per heavy atom. The molecule has 6 heteroatoms. The highest BCUT2D eigenvalue weighted by molar-refractivity contribution is 7.89. The molecule has 1 N–H and O–H groups in total. The molecule has 0 aromatic heterocycles. The summed E-state index contributed by atoms with van der Waals surface area (Å²) < 4.78 is 26.8. The van der Waals surface area contributed by atoms with Crippen LogP contribution >= 0.6 is 0 Å². The zero-order valence-electron chi connectivity index (χ0n) is 12.7. The van der Waals surface area contributed by atoms with Gasteiger partial charge in [0, 0.05) is 12.6 Å². The molecule has 2 atom stereocenters. The summed E-state index contributed by atoms with van der Waals surface area (Å²) in [5.41, 5.74) is 0. The van der Waals surface area contributed by atoms with Crippen LogP contribution < -0.4 is 5.32 Å². The molecule has 1 aliphatic carbocycles. The summed E-state index contributed by atoms with van der Waals surface area (Å²) in [6.45, 7) is 2.41. The van der Waals surface area contributed by atoms with E-state index in [9.17, 15) is 13.2 Å². The van der Waals surface area contributed by atoms with Crippen molar-refractivity contribution in [3.8, 4) is 0 Å². The van der Waals surface area contributed by atoms with Crippen molar-refractivity contribution >= 4 is 15.9 Å². The fourth-order valence-electron chi connectivity index (χ4n) is 3.05. The third-order valence-electron chi connectivity index (χ3n) is 4.56. The largest absolute Gasteiger partial charge is 0.352 e. The summed E-state index contributed by atoms with van der Waals surface area (Å²) in [5.74, 6) is 0.404. The van der Waals surface area contributed by atoms with Crippen molar-refractivity contribution < 1.29 is 13.2 Å². The molecule has 1 aromatic carbocycles. The Hall–Kier alpha value is -1.40. The topological polar surface area (TPSA) is 66.5 Å². The number of hydrogen-bond donors (Lipinski definition) is 1. The Bertz CT molecular complexity index is 641. The van der Waals surface area contributed by atoms with Crippen LogP contribution in [-0.2, 0) is 14.8 Å². The number of nitrogens with one attached hydrogen (secondary N) is 1. The van der Waals surface area contributed by atoms with Crippen LogP contribution in [0.3, 0.4) is 0 Å². The SMILES string of the molecule is C[C@H](NC(=O)[C@H]1CCCN1S(=O)(=O)c1ccccc1)C1CC1. The lowest BCUT2D eigenvalue weighted by molar-refractivity contribution is -0.124. The van der Waals surface area contributed by atoms with Gasteiger partial charge in [-0.1, -0.05) is 18.2 Å². The molecular weight excluding hydrogens is 300 g/mol. The number of nitrogens with zero attached hydrogens (tertiary/aromatic N) is 1. The number of hydrogen-bond acceptors (Lipinski definition) is 3. The number of rotatable bonds is 5. The van der Waals surface area contributed by atoms with Gasteiger partial charge in [0.1, 0.15) is 6.04 Å². The van der Waals surface area contributed by atoms with Crippen LogP contribution in [-0.4, -0.2) is 37.3 Å². The molecule has 1 saturated carbocycles. The monoisotopic (exact) mass is 322 g/mol. The summed E-state index contributed by atoms with van der Waals surface area (Å²) in [7, 11) is -3.60. The quantitative estimate of drug-likeness (QED) is 0.898. The van der Waals surface area contributed by atoms with Crippen LogP contribution in [0.4, 0.5) is 0 Å². The molecule has 5 nitrogen and oxygen atoms in total. The number of carbonyl (C=O) groups excluding carboxylic acids is 1. The molecule has 2 aliphatic rings. The highest BCUT2D eigenvalue weighted by atomic mass is 32.2. The van der Waals surface area contributed by atoms with E-state index in [0.717, 1.165) is 19.3 Å². The highest BCUT2D eigenvalue weighted by Gasteiger charge is 2.40. The van der Waals surface area contributed by atoms with Crippen molar-refractivity contribution in [1.29, 1.82) is 0 Å². The van der Waals surface area contributed by atoms with E-state index in [0.29, 0.717) is 18.9 Å². The molecule has 1 aliphatic heterocycles. The maximum atomic E-state index is 12.7. The van der Waals surface area contributed by atoms with Crippen LogP contribution in [0.5, 0.6) is 0 Å². The van der Waals surface area contributed by atoms with Gasteiger partial charge in [-0.25, -0.2) is 8.42 Å². The van der Waals surface area contributed by atoms with Crippen molar-refractivity contribution in [2.45, 2.75) is 49.6 Å². The van der Waals surface area contributed by atoms with Crippen molar-refractivity contribution in [1.82, 2.24) is 9.62 Å². The molecule has 3 rings (SSSR count). The Kier molecular flexibility index (Phi) is 4.23.